The number of hydrogen-bond acceptors (Lipinski definition) is 3. The summed E-state index contributed by atoms with van der Waals surface area (Å²) in [6.07, 6.45) is 8.93. The highest BCUT2D eigenvalue weighted by molar-refractivity contribution is 6.03. The number of allylic oxidation sites excluding steroid dienone is 1. The Labute approximate surface area is 71.8 Å². The molecule has 62 valence electrons. The van der Waals surface area contributed by atoms with E-state index in [-0.39, 0.29) is 0 Å². The van der Waals surface area contributed by atoms with Gasteiger partial charge in [-0.2, -0.15) is 0 Å². The number of hydrogen-bond donors (Lipinski definition) is 0. The lowest BCUT2D eigenvalue weighted by molar-refractivity contribution is 0.844. The lowest BCUT2D eigenvalue weighted by Gasteiger charge is -2.16. The molecule has 0 spiro atoms. The molecule has 0 fully saturated rings. The van der Waals surface area contributed by atoms with Gasteiger partial charge in [0, 0.05) is 24.5 Å². The molecule has 2 heterocycles. The molecular weight excluding hydrogens is 150 g/mol. The van der Waals surface area contributed by atoms with Crippen LogP contribution >= 0.6 is 0 Å². The van der Waals surface area contributed by atoms with Crippen molar-refractivity contribution in [1.82, 2.24) is 4.90 Å². The third-order valence-corrected chi connectivity index (χ3v) is 1.82. The van der Waals surface area contributed by atoms with Crippen LogP contribution in [0.25, 0.3) is 0 Å². The molecule has 2 rings (SSSR count). The first-order valence-electron chi connectivity index (χ1n) is 4.08. The molecule has 0 aliphatic carbocycles. The van der Waals surface area contributed by atoms with Crippen LogP contribution in [0, 0.1) is 0 Å². The maximum atomic E-state index is 4.41. The molecule has 0 bridgehead atoms. The van der Waals surface area contributed by atoms with Gasteiger partial charge in [0.2, 0.25) is 0 Å². The monoisotopic (exact) mass is 161 g/mol. The van der Waals surface area contributed by atoms with E-state index >= 15 is 0 Å². The molecule has 0 aromatic rings. The van der Waals surface area contributed by atoms with Gasteiger partial charge in [0.15, 0.2) is 0 Å². The molecule has 0 aromatic heterocycles. The van der Waals surface area contributed by atoms with Crippen molar-refractivity contribution in [2.24, 2.45) is 9.98 Å². The largest absolute Gasteiger partial charge is 0.293 e. The predicted octanol–water partition coefficient (Wildman–Crippen LogP) is 1.55. The fourth-order valence-corrected chi connectivity index (χ4v) is 1.19. The quantitative estimate of drug-likeness (QED) is 0.529. The normalized spacial score (nSPS) is 21.2. The Morgan fingerprint density at radius 3 is 3.33 bits per heavy atom. The molecule has 3 heteroatoms. The second kappa shape index (κ2) is 2.93. The predicted molar refractivity (Wildman–Crippen MR) is 50.1 cm³/mol. The van der Waals surface area contributed by atoms with E-state index < -0.39 is 0 Å². The summed E-state index contributed by atoms with van der Waals surface area (Å²) in [6, 6.07) is 0. The molecule has 0 amide bonds. The molecule has 0 saturated heterocycles. The van der Waals surface area contributed by atoms with Crippen LogP contribution in [0.3, 0.4) is 0 Å². The Hall–Kier alpha value is -1.38. The first-order chi connectivity index (χ1) is 5.86. The average molecular weight is 161 g/mol. The number of amidine groups is 1. The van der Waals surface area contributed by atoms with Gasteiger partial charge >= 0.3 is 0 Å². The van der Waals surface area contributed by atoms with Gasteiger partial charge in [-0.15, -0.1) is 0 Å². The smallest absolute Gasteiger partial charge is 0.134 e. The summed E-state index contributed by atoms with van der Waals surface area (Å²) in [4.78, 5) is 10.5. The number of rotatable bonds is 0. The molecule has 2 aliphatic rings. The van der Waals surface area contributed by atoms with Crippen molar-refractivity contribution in [3.8, 4) is 0 Å². The Morgan fingerprint density at radius 2 is 2.42 bits per heavy atom. The molecule has 0 radical (unpaired) electrons. The second-order valence-electron chi connectivity index (χ2n) is 2.85. The highest BCUT2D eigenvalue weighted by atomic mass is 15.2. The zero-order valence-electron chi connectivity index (χ0n) is 7.07. The topological polar surface area (TPSA) is 28.0 Å². The van der Waals surface area contributed by atoms with Crippen molar-refractivity contribution in [3.63, 3.8) is 0 Å². The minimum Gasteiger partial charge on any atom is -0.293 e. The van der Waals surface area contributed by atoms with E-state index in [1.807, 2.05) is 24.1 Å². The Balaban J connectivity index is 2.33. The molecule has 0 N–H and O–H groups in total. The maximum Gasteiger partial charge on any atom is 0.134 e. The highest BCUT2D eigenvalue weighted by Gasteiger charge is 2.09. The van der Waals surface area contributed by atoms with E-state index in [4.69, 9.17) is 0 Å². The van der Waals surface area contributed by atoms with E-state index in [9.17, 15) is 0 Å². The van der Waals surface area contributed by atoms with Gasteiger partial charge in [-0.1, -0.05) is 6.08 Å². The van der Waals surface area contributed by atoms with E-state index in [1.54, 1.807) is 6.34 Å². The summed E-state index contributed by atoms with van der Waals surface area (Å²) in [5.41, 5.74) is 1.01. The minimum atomic E-state index is 0.875. The molecule has 0 atom stereocenters. The first kappa shape index (κ1) is 7.28. The van der Waals surface area contributed by atoms with Gasteiger partial charge in [0.25, 0.3) is 0 Å². The summed E-state index contributed by atoms with van der Waals surface area (Å²) >= 11 is 0. The molecule has 0 aromatic carbocycles. The van der Waals surface area contributed by atoms with Gasteiger partial charge in [-0.05, 0) is 13.3 Å². The van der Waals surface area contributed by atoms with Gasteiger partial charge < -0.3 is 0 Å². The summed E-state index contributed by atoms with van der Waals surface area (Å²) in [6.45, 7) is 2.85. The Morgan fingerprint density at radius 1 is 1.50 bits per heavy atom. The maximum absolute atomic E-state index is 4.41. The second-order valence-corrected chi connectivity index (χ2v) is 2.85. The molecule has 0 unspecified atom stereocenters. The molecule has 3 nitrogen and oxygen atoms in total. The molecule has 12 heavy (non-hydrogen) atoms. The SMILES string of the molecule is CC1=CC2=NCCC=CN2C=N1. The van der Waals surface area contributed by atoms with E-state index in [1.165, 1.54) is 0 Å². The summed E-state index contributed by atoms with van der Waals surface area (Å²) in [5.74, 6) is 0.997. The fourth-order valence-electron chi connectivity index (χ4n) is 1.19. The van der Waals surface area contributed by atoms with Gasteiger partial charge in [0.05, 0.1) is 0 Å². The zero-order valence-corrected chi connectivity index (χ0v) is 7.07. The fraction of sp³-hybridized carbons (Fsp3) is 0.333. The van der Waals surface area contributed by atoms with Crippen LogP contribution in [0.1, 0.15) is 13.3 Å². The molecule has 0 saturated carbocycles. The first-order valence-corrected chi connectivity index (χ1v) is 4.08. The van der Waals surface area contributed by atoms with Crippen molar-refractivity contribution >= 4 is 12.2 Å². The number of fused-ring (bicyclic) bond motifs is 1. The molecule has 2 aliphatic heterocycles. The minimum absolute atomic E-state index is 0.875. The Kier molecular flexibility index (Phi) is 1.78. The third kappa shape index (κ3) is 1.30. The highest BCUT2D eigenvalue weighted by Crippen LogP contribution is 2.08. The summed E-state index contributed by atoms with van der Waals surface area (Å²) in [5, 5.41) is 0. The van der Waals surface area contributed by atoms with Crippen molar-refractivity contribution < 1.29 is 0 Å². The van der Waals surface area contributed by atoms with Crippen LogP contribution in [0.4, 0.5) is 0 Å². The Bertz CT molecular complexity index is 297. The van der Waals surface area contributed by atoms with Crippen molar-refractivity contribution in [2.75, 3.05) is 6.54 Å². The van der Waals surface area contributed by atoms with Gasteiger partial charge in [-0.25, -0.2) is 4.99 Å². The van der Waals surface area contributed by atoms with Crippen molar-refractivity contribution in [1.29, 1.82) is 0 Å². The van der Waals surface area contributed by atoms with E-state index in [2.05, 4.69) is 16.1 Å². The lowest BCUT2D eigenvalue weighted by Crippen LogP contribution is -2.24. The molecular formula is C9H11N3. The number of aliphatic imine (C=N–C) groups is 2. The third-order valence-electron chi connectivity index (χ3n) is 1.82. The van der Waals surface area contributed by atoms with Crippen LogP contribution < -0.4 is 0 Å². The average Bonchev–Trinajstić information content (AvgIpc) is 2.28. The van der Waals surface area contributed by atoms with Crippen LogP contribution in [0.15, 0.2) is 34.0 Å². The summed E-state index contributed by atoms with van der Waals surface area (Å²) in [7, 11) is 0. The van der Waals surface area contributed by atoms with Crippen LogP contribution in [0.2, 0.25) is 0 Å². The van der Waals surface area contributed by atoms with Crippen molar-refractivity contribution in [3.05, 3.63) is 24.0 Å². The van der Waals surface area contributed by atoms with Crippen LogP contribution in [0.5, 0.6) is 0 Å². The van der Waals surface area contributed by atoms with Crippen LogP contribution in [-0.4, -0.2) is 23.6 Å². The van der Waals surface area contributed by atoms with Crippen LogP contribution in [-0.2, 0) is 0 Å². The van der Waals surface area contributed by atoms with Crippen molar-refractivity contribution in [2.45, 2.75) is 13.3 Å². The summed E-state index contributed by atoms with van der Waals surface area (Å²) < 4.78 is 0. The van der Waals surface area contributed by atoms with Gasteiger partial charge in [-0.3, -0.25) is 9.89 Å². The van der Waals surface area contributed by atoms with E-state index in [0.717, 1.165) is 24.5 Å². The van der Waals surface area contributed by atoms with Gasteiger partial charge in [0.1, 0.15) is 12.2 Å². The number of nitrogens with zero attached hydrogens (tertiary/aromatic N) is 3. The zero-order chi connectivity index (χ0) is 8.39. The van der Waals surface area contributed by atoms with E-state index in [0.29, 0.717) is 0 Å². The lowest BCUT2D eigenvalue weighted by atomic mass is 10.3. The standard InChI is InChI=1S/C9H11N3/c1-8-6-9-10-4-2-3-5-12(9)7-11-8/h3,5-7H,2,4H2,1H3.